The Morgan fingerprint density at radius 3 is 2.71 bits per heavy atom. The summed E-state index contributed by atoms with van der Waals surface area (Å²) < 4.78 is 1.33. The van der Waals surface area contributed by atoms with Crippen molar-refractivity contribution in [2.45, 2.75) is 39.3 Å². The van der Waals surface area contributed by atoms with Crippen molar-refractivity contribution in [1.29, 1.82) is 0 Å². The third kappa shape index (κ3) is 3.27. The van der Waals surface area contributed by atoms with Crippen LogP contribution in [0.5, 0.6) is 0 Å². The van der Waals surface area contributed by atoms with Gasteiger partial charge in [0.25, 0.3) is 0 Å². The first kappa shape index (κ1) is 13.1. The molecule has 0 spiro atoms. The number of hydrogen-bond donors (Lipinski definition) is 1. The second kappa shape index (κ2) is 5.42. The normalized spacial score (nSPS) is 12.5. The van der Waals surface area contributed by atoms with Gasteiger partial charge in [-0.25, -0.2) is 0 Å². The smallest absolute Gasteiger partial charge is 0.307 e. The first-order valence-electron chi connectivity index (χ1n) is 5.44. The molecular weight excluding hydrogens is 224 g/mol. The van der Waals surface area contributed by atoms with Crippen LogP contribution >= 0.6 is 0 Å². The molecule has 1 N–H and O–H groups in total. The Balaban J connectivity index is 2.85. The van der Waals surface area contributed by atoms with E-state index < -0.39 is 11.0 Å². The van der Waals surface area contributed by atoms with Crippen molar-refractivity contribution < 1.29 is 9.72 Å². The maximum atomic E-state index is 11.8. The van der Waals surface area contributed by atoms with Crippen LogP contribution in [0.1, 0.15) is 33.2 Å². The fourth-order valence-corrected chi connectivity index (χ4v) is 1.47. The highest BCUT2D eigenvalue weighted by atomic mass is 16.6. The third-order valence-corrected chi connectivity index (χ3v) is 2.24. The number of hydrogen-bond acceptors (Lipinski definition) is 4. The van der Waals surface area contributed by atoms with E-state index >= 15 is 0 Å². The molecule has 0 fully saturated rings. The molecule has 1 unspecified atom stereocenters. The van der Waals surface area contributed by atoms with Gasteiger partial charge in [-0.05, 0) is 20.3 Å². The summed E-state index contributed by atoms with van der Waals surface area (Å²) in [6, 6.07) is -0.479. The molecule has 1 amide bonds. The lowest BCUT2D eigenvalue weighted by Crippen LogP contribution is -2.36. The fraction of sp³-hybridized carbons (Fsp3) is 0.600. The zero-order chi connectivity index (χ0) is 13.0. The monoisotopic (exact) mass is 240 g/mol. The summed E-state index contributed by atoms with van der Waals surface area (Å²) in [7, 11) is 0. The van der Waals surface area contributed by atoms with Gasteiger partial charge in [0.2, 0.25) is 5.91 Å². The Hall–Kier alpha value is -1.92. The Morgan fingerprint density at radius 2 is 2.29 bits per heavy atom. The average molecular weight is 240 g/mol. The van der Waals surface area contributed by atoms with Crippen LogP contribution in [-0.4, -0.2) is 26.7 Å². The van der Waals surface area contributed by atoms with Crippen molar-refractivity contribution in [1.82, 2.24) is 15.1 Å². The number of nitro groups is 1. The Labute approximate surface area is 99.0 Å². The molecule has 0 bridgehead atoms. The number of carbonyl (C=O) groups excluding carboxylic acids is 1. The van der Waals surface area contributed by atoms with E-state index in [1.54, 1.807) is 0 Å². The van der Waals surface area contributed by atoms with Crippen LogP contribution < -0.4 is 5.32 Å². The lowest BCUT2D eigenvalue weighted by Gasteiger charge is -2.16. The van der Waals surface area contributed by atoms with Gasteiger partial charge in [-0.3, -0.25) is 19.6 Å². The number of nitrogens with one attached hydrogen (secondary N) is 1. The first-order chi connectivity index (χ1) is 7.95. The predicted molar refractivity (Wildman–Crippen MR) is 61.5 cm³/mol. The van der Waals surface area contributed by atoms with E-state index in [-0.39, 0.29) is 17.6 Å². The molecule has 94 valence electrons. The van der Waals surface area contributed by atoms with Crippen LogP contribution in [0.15, 0.2) is 12.4 Å². The number of aromatic nitrogens is 2. The molecule has 1 atom stereocenters. The summed E-state index contributed by atoms with van der Waals surface area (Å²) in [5.74, 6) is -0.180. The molecule has 0 aliphatic carbocycles. The summed E-state index contributed by atoms with van der Waals surface area (Å²) in [5.41, 5.74) is -0.110. The quantitative estimate of drug-likeness (QED) is 0.619. The van der Waals surface area contributed by atoms with Gasteiger partial charge in [-0.2, -0.15) is 5.10 Å². The second-order valence-electron chi connectivity index (χ2n) is 4.02. The van der Waals surface area contributed by atoms with Crippen molar-refractivity contribution in [2.75, 3.05) is 0 Å². The van der Waals surface area contributed by atoms with E-state index in [0.29, 0.717) is 6.42 Å². The van der Waals surface area contributed by atoms with E-state index in [1.807, 2.05) is 20.8 Å². The van der Waals surface area contributed by atoms with Crippen LogP contribution in [0.3, 0.4) is 0 Å². The van der Waals surface area contributed by atoms with Crippen LogP contribution in [-0.2, 0) is 4.79 Å². The molecule has 1 rings (SSSR count). The molecule has 1 aromatic heterocycles. The van der Waals surface area contributed by atoms with Gasteiger partial charge >= 0.3 is 5.69 Å². The van der Waals surface area contributed by atoms with Gasteiger partial charge in [-0.1, -0.05) is 6.92 Å². The largest absolute Gasteiger partial charge is 0.352 e. The van der Waals surface area contributed by atoms with Crippen LogP contribution in [0, 0.1) is 10.1 Å². The van der Waals surface area contributed by atoms with Gasteiger partial charge in [0, 0.05) is 6.04 Å². The molecule has 0 aliphatic heterocycles. The van der Waals surface area contributed by atoms with Gasteiger partial charge in [0.05, 0.1) is 4.92 Å². The standard InChI is InChI=1S/C10H16N4O3/c1-4-9(10(15)12-7(2)3)13-6-8(5-11-13)14(16)17/h5-7,9H,4H2,1-3H3,(H,12,15). The van der Waals surface area contributed by atoms with Crippen molar-refractivity contribution in [3.05, 3.63) is 22.5 Å². The minimum Gasteiger partial charge on any atom is -0.352 e. The highest BCUT2D eigenvalue weighted by Gasteiger charge is 2.22. The maximum Gasteiger partial charge on any atom is 0.307 e. The highest BCUT2D eigenvalue weighted by molar-refractivity contribution is 5.80. The highest BCUT2D eigenvalue weighted by Crippen LogP contribution is 2.15. The molecule has 17 heavy (non-hydrogen) atoms. The summed E-state index contributed by atoms with van der Waals surface area (Å²) in [4.78, 5) is 21.8. The Morgan fingerprint density at radius 1 is 1.65 bits per heavy atom. The van der Waals surface area contributed by atoms with Gasteiger partial charge in [0.15, 0.2) is 0 Å². The molecule has 0 saturated heterocycles. The average Bonchev–Trinajstić information content (AvgIpc) is 2.66. The zero-order valence-electron chi connectivity index (χ0n) is 10.1. The summed E-state index contributed by atoms with van der Waals surface area (Å²) in [6.07, 6.45) is 2.94. The fourth-order valence-electron chi connectivity index (χ4n) is 1.47. The van der Waals surface area contributed by atoms with Gasteiger partial charge in [0.1, 0.15) is 18.4 Å². The Bertz CT molecular complexity index is 413. The number of carbonyl (C=O) groups is 1. The van der Waals surface area contributed by atoms with Gasteiger partial charge in [-0.15, -0.1) is 0 Å². The first-order valence-corrected chi connectivity index (χ1v) is 5.44. The van der Waals surface area contributed by atoms with E-state index in [9.17, 15) is 14.9 Å². The molecule has 0 saturated carbocycles. The van der Waals surface area contributed by atoms with Crippen LogP contribution in [0.25, 0.3) is 0 Å². The van der Waals surface area contributed by atoms with E-state index in [1.165, 1.54) is 10.9 Å². The number of nitrogens with zero attached hydrogens (tertiary/aromatic N) is 3. The molecular formula is C10H16N4O3. The van der Waals surface area contributed by atoms with Gasteiger partial charge < -0.3 is 5.32 Å². The lowest BCUT2D eigenvalue weighted by molar-refractivity contribution is -0.385. The molecule has 1 heterocycles. The number of rotatable bonds is 5. The molecule has 0 radical (unpaired) electrons. The van der Waals surface area contributed by atoms with Crippen molar-refractivity contribution in [3.8, 4) is 0 Å². The molecule has 0 aromatic carbocycles. The number of amides is 1. The third-order valence-electron chi connectivity index (χ3n) is 2.24. The van der Waals surface area contributed by atoms with Crippen molar-refractivity contribution in [2.24, 2.45) is 0 Å². The summed E-state index contributed by atoms with van der Waals surface area (Å²) >= 11 is 0. The lowest BCUT2D eigenvalue weighted by atomic mass is 10.2. The van der Waals surface area contributed by atoms with Crippen LogP contribution in [0.2, 0.25) is 0 Å². The summed E-state index contributed by atoms with van der Waals surface area (Å²) in [5, 5.41) is 17.1. The van der Waals surface area contributed by atoms with E-state index in [0.717, 1.165) is 6.20 Å². The molecule has 0 aliphatic rings. The SMILES string of the molecule is CCC(C(=O)NC(C)C)n1cc([N+](=O)[O-])cn1. The van der Waals surface area contributed by atoms with Crippen molar-refractivity contribution in [3.63, 3.8) is 0 Å². The predicted octanol–water partition coefficient (Wildman–Crippen LogP) is 1.27. The van der Waals surface area contributed by atoms with Crippen molar-refractivity contribution >= 4 is 11.6 Å². The van der Waals surface area contributed by atoms with Crippen LogP contribution in [0.4, 0.5) is 5.69 Å². The molecule has 7 nitrogen and oxygen atoms in total. The maximum absolute atomic E-state index is 11.8. The Kier molecular flexibility index (Phi) is 4.19. The topological polar surface area (TPSA) is 90.1 Å². The molecule has 1 aromatic rings. The minimum absolute atomic E-state index is 0.0297. The summed E-state index contributed by atoms with van der Waals surface area (Å²) in [6.45, 7) is 5.55. The minimum atomic E-state index is -0.531. The zero-order valence-corrected chi connectivity index (χ0v) is 10.1. The van der Waals surface area contributed by atoms with E-state index in [4.69, 9.17) is 0 Å². The van der Waals surface area contributed by atoms with E-state index in [2.05, 4.69) is 10.4 Å². The molecule has 7 heteroatoms. The second-order valence-corrected chi connectivity index (χ2v) is 4.02.